The maximum Gasteiger partial charge on any atom is 0.314 e. The zero-order valence-corrected chi connectivity index (χ0v) is 14.0. The molecule has 1 aliphatic heterocycles. The third-order valence-electron chi connectivity index (χ3n) is 3.87. The molecule has 0 aliphatic carbocycles. The molecule has 1 atom stereocenters. The van der Waals surface area contributed by atoms with Gasteiger partial charge in [0.1, 0.15) is 0 Å². The van der Waals surface area contributed by atoms with Gasteiger partial charge in [-0.25, -0.2) is 4.79 Å². The highest BCUT2D eigenvalue weighted by atomic mass is 35.5. The summed E-state index contributed by atoms with van der Waals surface area (Å²) in [7, 11) is 0. The summed E-state index contributed by atoms with van der Waals surface area (Å²) in [4.78, 5) is 16.0. The van der Waals surface area contributed by atoms with Crippen molar-refractivity contribution in [3.05, 3.63) is 35.2 Å². The molecule has 1 saturated heterocycles. The van der Waals surface area contributed by atoms with Gasteiger partial charge in [-0.1, -0.05) is 16.8 Å². The van der Waals surface area contributed by atoms with E-state index in [1.165, 1.54) is 6.42 Å². The summed E-state index contributed by atoms with van der Waals surface area (Å²) < 4.78 is 5.20. The third-order valence-corrected chi connectivity index (χ3v) is 4.12. The first kappa shape index (κ1) is 16.7. The fourth-order valence-electron chi connectivity index (χ4n) is 2.56. The van der Waals surface area contributed by atoms with Crippen molar-refractivity contribution >= 4 is 17.6 Å². The van der Waals surface area contributed by atoms with E-state index in [4.69, 9.17) is 16.1 Å². The highest BCUT2D eigenvalue weighted by Gasteiger charge is 2.14. The molecular formula is C16H20ClN5O2. The summed E-state index contributed by atoms with van der Waals surface area (Å²) in [5.74, 6) is 0.996. The smallest absolute Gasteiger partial charge is 0.314 e. The topological polar surface area (TPSA) is 92.1 Å². The quantitative estimate of drug-likeness (QED) is 0.741. The molecule has 2 aromatic rings. The molecule has 2 heterocycles. The second-order valence-electron chi connectivity index (χ2n) is 5.70. The number of carbonyl (C=O) groups excluding carboxylic acids is 1. The van der Waals surface area contributed by atoms with Crippen molar-refractivity contribution < 1.29 is 9.32 Å². The van der Waals surface area contributed by atoms with Crippen LogP contribution in [0.2, 0.25) is 5.02 Å². The molecule has 1 fully saturated rings. The number of carbonyl (C=O) groups is 1. The van der Waals surface area contributed by atoms with Crippen molar-refractivity contribution in [2.75, 3.05) is 19.6 Å². The minimum absolute atomic E-state index is 0.179. The van der Waals surface area contributed by atoms with E-state index in [-0.39, 0.29) is 6.03 Å². The van der Waals surface area contributed by atoms with Crippen LogP contribution in [0.1, 0.15) is 18.7 Å². The zero-order valence-electron chi connectivity index (χ0n) is 13.2. The van der Waals surface area contributed by atoms with E-state index in [9.17, 15) is 4.79 Å². The van der Waals surface area contributed by atoms with Crippen molar-refractivity contribution in [3.8, 4) is 11.4 Å². The first-order valence-electron chi connectivity index (χ1n) is 8.04. The van der Waals surface area contributed by atoms with Crippen LogP contribution in [0.3, 0.4) is 0 Å². The van der Waals surface area contributed by atoms with Crippen LogP contribution in [0.5, 0.6) is 0 Å². The van der Waals surface area contributed by atoms with Crippen LogP contribution in [0.25, 0.3) is 11.4 Å². The zero-order chi connectivity index (χ0) is 16.8. The number of nitrogens with zero attached hydrogens (tertiary/aromatic N) is 2. The average molecular weight is 350 g/mol. The van der Waals surface area contributed by atoms with E-state index >= 15 is 0 Å². The summed E-state index contributed by atoms with van der Waals surface area (Å²) in [6.07, 6.45) is 2.76. The van der Waals surface area contributed by atoms with Gasteiger partial charge in [0, 0.05) is 36.1 Å². The molecule has 1 aliphatic rings. The molecule has 1 aromatic carbocycles. The van der Waals surface area contributed by atoms with Gasteiger partial charge in [-0.3, -0.25) is 0 Å². The normalized spacial score (nSPS) is 17.0. The fourth-order valence-corrected chi connectivity index (χ4v) is 2.69. The van der Waals surface area contributed by atoms with Gasteiger partial charge >= 0.3 is 6.03 Å². The van der Waals surface area contributed by atoms with Gasteiger partial charge in [-0.05, 0) is 43.7 Å². The maximum atomic E-state index is 11.7. The number of halogens is 1. The Morgan fingerprint density at radius 2 is 2.17 bits per heavy atom. The summed E-state index contributed by atoms with van der Waals surface area (Å²) in [6.45, 7) is 2.11. The van der Waals surface area contributed by atoms with Crippen molar-refractivity contribution in [1.29, 1.82) is 0 Å². The summed E-state index contributed by atoms with van der Waals surface area (Å²) in [5.41, 5.74) is 0.837. The van der Waals surface area contributed by atoms with Gasteiger partial charge < -0.3 is 20.5 Å². The number of aromatic nitrogens is 2. The van der Waals surface area contributed by atoms with Crippen LogP contribution in [-0.4, -0.2) is 41.8 Å². The van der Waals surface area contributed by atoms with E-state index in [2.05, 4.69) is 26.1 Å². The number of amides is 2. The lowest BCUT2D eigenvalue weighted by molar-refractivity contribution is 0.239. The highest BCUT2D eigenvalue weighted by molar-refractivity contribution is 6.30. The maximum absolute atomic E-state index is 11.7. The van der Waals surface area contributed by atoms with Gasteiger partial charge in [0.2, 0.25) is 11.7 Å². The van der Waals surface area contributed by atoms with Gasteiger partial charge in [0.15, 0.2) is 0 Å². The Kier molecular flexibility index (Phi) is 5.66. The molecule has 0 unspecified atom stereocenters. The van der Waals surface area contributed by atoms with Crippen molar-refractivity contribution in [3.63, 3.8) is 0 Å². The van der Waals surface area contributed by atoms with Gasteiger partial charge in [-0.15, -0.1) is 0 Å². The van der Waals surface area contributed by atoms with Crippen LogP contribution < -0.4 is 16.0 Å². The van der Waals surface area contributed by atoms with Crippen LogP contribution in [0.15, 0.2) is 28.8 Å². The lowest BCUT2D eigenvalue weighted by Crippen LogP contribution is -2.42. The molecular weight excluding hydrogens is 330 g/mol. The Balaban J connectivity index is 1.40. The minimum Gasteiger partial charge on any atom is -0.339 e. The van der Waals surface area contributed by atoms with Crippen molar-refractivity contribution in [2.45, 2.75) is 25.3 Å². The minimum atomic E-state index is -0.179. The predicted molar refractivity (Wildman–Crippen MR) is 90.9 cm³/mol. The molecule has 7 nitrogen and oxygen atoms in total. The highest BCUT2D eigenvalue weighted by Crippen LogP contribution is 2.18. The van der Waals surface area contributed by atoms with Crippen molar-refractivity contribution in [1.82, 2.24) is 26.1 Å². The van der Waals surface area contributed by atoms with E-state index in [0.29, 0.717) is 42.3 Å². The molecule has 3 N–H and O–H groups in total. The average Bonchev–Trinajstić information content (AvgIpc) is 3.25. The molecule has 8 heteroatoms. The van der Waals surface area contributed by atoms with E-state index in [1.807, 2.05) is 12.1 Å². The first-order chi connectivity index (χ1) is 11.7. The van der Waals surface area contributed by atoms with Crippen LogP contribution in [0.4, 0.5) is 4.79 Å². The Morgan fingerprint density at radius 3 is 2.92 bits per heavy atom. The van der Waals surface area contributed by atoms with Crippen LogP contribution in [-0.2, 0) is 6.42 Å². The SMILES string of the molecule is O=C(NCCc1nc(-c2ccc(Cl)cc2)no1)NC[C@@H]1CCCN1. The van der Waals surface area contributed by atoms with Crippen LogP contribution >= 0.6 is 11.6 Å². The summed E-state index contributed by atoms with van der Waals surface area (Å²) >= 11 is 5.86. The number of benzene rings is 1. The molecule has 0 bridgehead atoms. The lowest BCUT2D eigenvalue weighted by atomic mass is 10.2. The first-order valence-corrected chi connectivity index (χ1v) is 8.42. The largest absolute Gasteiger partial charge is 0.339 e. The molecule has 0 radical (unpaired) electrons. The lowest BCUT2D eigenvalue weighted by Gasteiger charge is -2.11. The number of hydrogen-bond donors (Lipinski definition) is 3. The van der Waals surface area contributed by atoms with E-state index < -0.39 is 0 Å². The molecule has 1 aromatic heterocycles. The number of rotatable bonds is 6. The van der Waals surface area contributed by atoms with Crippen molar-refractivity contribution in [2.24, 2.45) is 0 Å². The number of hydrogen-bond acceptors (Lipinski definition) is 5. The molecule has 0 spiro atoms. The van der Waals surface area contributed by atoms with Gasteiger partial charge in [0.25, 0.3) is 0 Å². The molecule has 2 amide bonds. The number of nitrogens with one attached hydrogen (secondary N) is 3. The second kappa shape index (κ2) is 8.12. The Bertz CT molecular complexity index is 667. The van der Waals surface area contributed by atoms with Gasteiger partial charge in [-0.2, -0.15) is 4.98 Å². The monoisotopic (exact) mass is 349 g/mol. The van der Waals surface area contributed by atoms with E-state index in [1.54, 1.807) is 12.1 Å². The Labute approximate surface area is 145 Å². The molecule has 24 heavy (non-hydrogen) atoms. The Hall–Kier alpha value is -2.12. The summed E-state index contributed by atoms with van der Waals surface area (Å²) in [5, 5.41) is 13.6. The number of urea groups is 1. The van der Waals surface area contributed by atoms with Gasteiger partial charge in [0.05, 0.1) is 0 Å². The second-order valence-corrected chi connectivity index (χ2v) is 6.14. The molecule has 128 valence electrons. The summed E-state index contributed by atoms with van der Waals surface area (Å²) in [6, 6.07) is 7.42. The Morgan fingerprint density at radius 1 is 1.33 bits per heavy atom. The molecule has 3 rings (SSSR count). The standard InChI is InChI=1S/C16H20ClN5O2/c17-12-5-3-11(4-6-12)15-21-14(24-22-15)7-9-19-16(23)20-10-13-2-1-8-18-13/h3-6,13,18H,1-2,7-10H2,(H2,19,20,23)/t13-/m0/s1. The fraction of sp³-hybridized carbons (Fsp3) is 0.438. The van der Waals surface area contributed by atoms with Crippen LogP contribution in [0, 0.1) is 0 Å². The van der Waals surface area contributed by atoms with E-state index in [0.717, 1.165) is 18.5 Å². The predicted octanol–water partition coefficient (Wildman–Crippen LogP) is 1.98. The molecule has 0 saturated carbocycles. The third kappa shape index (κ3) is 4.69.